The fraction of sp³-hybridized carbons (Fsp3) is 0.250. The van der Waals surface area contributed by atoms with Crippen molar-refractivity contribution in [3.8, 4) is 0 Å². The molecule has 1 unspecified atom stereocenters. The monoisotopic (exact) mass is 252 g/mol. The molecule has 3 heteroatoms. The second-order valence-electron chi connectivity index (χ2n) is 5.09. The quantitative estimate of drug-likeness (QED) is 0.660. The van der Waals surface area contributed by atoms with E-state index in [1.165, 1.54) is 5.56 Å². The number of rotatable bonds is 2. The van der Waals surface area contributed by atoms with Gasteiger partial charge in [-0.2, -0.15) is 0 Å². The Balaban J connectivity index is 2.00. The molecule has 0 bridgehead atoms. The van der Waals surface area contributed by atoms with Gasteiger partial charge in [0, 0.05) is 17.4 Å². The van der Waals surface area contributed by atoms with Crippen LogP contribution >= 0.6 is 0 Å². The SMILES string of the molecule is Cc1ccc(N)c(C(=O)C2CCc3cccnc32)c1. The van der Waals surface area contributed by atoms with E-state index in [-0.39, 0.29) is 11.7 Å². The zero-order valence-electron chi connectivity index (χ0n) is 10.9. The largest absolute Gasteiger partial charge is 0.398 e. The summed E-state index contributed by atoms with van der Waals surface area (Å²) in [5, 5.41) is 0. The lowest BCUT2D eigenvalue weighted by Gasteiger charge is -2.12. The van der Waals surface area contributed by atoms with E-state index in [2.05, 4.69) is 11.1 Å². The van der Waals surface area contributed by atoms with Gasteiger partial charge in [-0.25, -0.2) is 0 Å². The summed E-state index contributed by atoms with van der Waals surface area (Å²) in [4.78, 5) is 17.0. The van der Waals surface area contributed by atoms with Crippen molar-refractivity contribution in [1.82, 2.24) is 4.98 Å². The molecule has 19 heavy (non-hydrogen) atoms. The lowest BCUT2D eigenvalue weighted by Crippen LogP contribution is -2.13. The van der Waals surface area contributed by atoms with E-state index in [1.807, 2.05) is 25.1 Å². The van der Waals surface area contributed by atoms with Crippen LogP contribution in [0.3, 0.4) is 0 Å². The third-order valence-corrected chi connectivity index (χ3v) is 3.75. The van der Waals surface area contributed by atoms with E-state index in [0.717, 1.165) is 24.1 Å². The van der Waals surface area contributed by atoms with Gasteiger partial charge in [-0.05, 0) is 43.5 Å². The van der Waals surface area contributed by atoms with Gasteiger partial charge in [-0.1, -0.05) is 17.7 Å². The van der Waals surface area contributed by atoms with Crippen molar-refractivity contribution >= 4 is 11.5 Å². The number of hydrogen-bond acceptors (Lipinski definition) is 3. The van der Waals surface area contributed by atoms with Gasteiger partial charge in [0.1, 0.15) is 0 Å². The highest BCUT2D eigenvalue weighted by Crippen LogP contribution is 2.34. The fourth-order valence-electron chi connectivity index (χ4n) is 2.74. The summed E-state index contributed by atoms with van der Waals surface area (Å²) in [7, 11) is 0. The van der Waals surface area contributed by atoms with Crippen LogP contribution in [0.1, 0.15) is 39.5 Å². The molecule has 1 atom stereocenters. The first-order chi connectivity index (χ1) is 9.16. The maximum atomic E-state index is 12.7. The van der Waals surface area contributed by atoms with Crippen LogP contribution < -0.4 is 5.73 Å². The summed E-state index contributed by atoms with van der Waals surface area (Å²) in [5.41, 5.74) is 10.3. The molecule has 1 aliphatic rings. The number of carbonyl (C=O) groups excluding carboxylic acids is 1. The smallest absolute Gasteiger partial charge is 0.173 e. The summed E-state index contributed by atoms with van der Waals surface area (Å²) in [6, 6.07) is 9.57. The van der Waals surface area contributed by atoms with E-state index in [9.17, 15) is 4.79 Å². The predicted octanol–water partition coefficient (Wildman–Crippen LogP) is 2.88. The Bertz CT molecular complexity index is 649. The van der Waals surface area contributed by atoms with Crippen LogP contribution in [0.5, 0.6) is 0 Å². The third-order valence-electron chi connectivity index (χ3n) is 3.75. The number of fused-ring (bicyclic) bond motifs is 1. The number of hydrogen-bond donors (Lipinski definition) is 1. The average Bonchev–Trinajstić information content (AvgIpc) is 2.84. The number of nitrogen functional groups attached to an aromatic ring is 1. The number of ketones is 1. The first-order valence-corrected chi connectivity index (χ1v) is 6.51. The van der Waals surface area contributed by atoms with Crippen molar-refractivity contribution in [3.63, 3.8) is 0 Å². The predicted molar refractivity (Wildman–Crippen MR) is 75.2 cm³/mol. The lowest BCUT2D eigenvalue weighted by molar-refractivity contribution is 0.0959. The normalized spacial score (nSPS) is 17.2. The van der Waals surface area contributed by atoms with Crippen LogP contribution in [0.2, 0.25) is 0 Å². The van der Waals surface area contributed by atoms with E-state index >= 15 is 0 Å². The average molecular weight is 252 g/mol. The molecule has 3 rings (SSSR count). The number of carbonyl (C=O) groups is 1. The molecule has 0 amide bonds. The molecule has 0 spiro atoms. The fourth-order valence-corrected chi connectivity index (χ4v) is 2.74. The second-order valence-corrected chi connectivity index (χ2v) is 5.09. The van der Waals surface area contributed by atoms with Crippen LogP contribution in [-0.2, 0) is 6.42 Å². The minimum absolute atomic E-state index is 0.0960. The van der Waals surface area contributed by atoms with Gasteiger partial charge in [0.15, 0.2) is 5.78 Å². The second kappa shape index (κ2) is 4.50. The molecule has 0 saturated heterocycles. The first kappa shape index (κ1) is 11.9. The summed E-state index contributed by atoms with van der Waals surface area (Å²) in [5.74, 6) is -0.0426. The molecule has 1 heterocycles. The highest BCUT2D eigenvalue weighted by Gasteiger charge is 2.31. The molecule has 1 aromatic heterocycles. The minimum atomic E-state index is -0.139. The molecule has 0 fully saturated rings. The van der Waals surface area contributed by atoms with Crippen molar-refractivity contribution in [2.45, 2.75) is 25.7 Å². The Morgan fingerprint density at radius 3 is 3.05 bits per heavy atom. The molecule has 1 aromatic carbocycles. The van der Waals surface area contributed by atoms with Gasteiger partial charge < -0.3 is 5.73 Å². The number of aryl methyl sites for hydroxylation is 2. The van der Waals surface area contributed by atoms with Crippen molar-refractivity contribution in [2.24, 2.45) is 0 Å². The number of nitrogens with two attached hydrogens (primary N) is 1. The lowest BCUT2D eigenvalue weighted by atomic mass is 9.93. The first-order valence-electron chi connectivity index (χ1n) is 6.51. The number of nitrogens with zero attached hydrogens (tertiary/aromatic N) is 1. The maximum absolute atomic E-state index is 12.7. The Morgan fingerprint density at radius 1 is 1.37 bits per heavy atom. The van der Waals surface area contributed by atoms with Crippen LogP contribution in [-0.4, -0.2) is 10.8 Å². The summed E-state index contributed by atoms with van der Waals surface area (Å²) < 4.78 is 0. The number of benzene rings is 1. The third kappa shape index (κ3) is 2.01. The molecule has 3 nitrogen and oxygen atoms in total. The maximum Gasteiger partial charge on any atom is 0.173 e. The topological polar surface area (TPSA) is 56.0 Å². The highest BCUT2D eigenvalue weighted by molar-refractivity contribution is 6.05. The number of aromatic nitrogens is 1. The van der Waals surface area contributed by atoms with E-state index in [1.54, 1.807) is 12.3 Å². The number of pyridine rings is 1. The van der Waals surface area contributed by atoms with E-state index in [4.69, 9.17) is 5.73 Å². The zero-order valence-corrected chi connectivity index (χ0v) is 10.9. The Kier molecular flexibility index (Phi) is 2.82. The molecule has 0 saturated carbocycles. The summed E-state index contributed by atoms with van der Waals surface area (Å²) in [6.07, 6.45) is 3.51. The molecule has 2 aromatic rings. The molecule has 0 radical (unpaired) electrons. The van der Waals surface area contributed by atoms with Gasteiger partial charge in [0.25, 0.3) is 0 Å². The van der Waals surface area contributed by atoms with Crippen molar-refractivity contribution in [2.75, 3.05) is 5.73 Å². The molecular formula is C16H16N2O. The van der Waals surface area contributed by atoms with Gasteiger partial charge in [0.2, 0.25) is 0 Å². The standard InChI is InChI=1S/C16H16N2O/c1-10-4-7-14(17)13(9-10)16(19)12-6-5-11-3-2-8-18-15(11)12/h2-4,7-9,12H,5-6,17H2,1H3. The van der Waals surface area contributed by atoms with Gasteiger partial charge in [0.05, 0.1) is 11.6 Å². The summed E-state index contributed by atoms with van der Waals surface area (Å²) in [6.45, 7) is 1.97. The number of anilines is 1. The Labute approximate surface area is 112 Å². The van der Waals surface area contributed by atoms with E-state index < -0.39 is 0 Å². The van der Waals surface area contributed by atoms with Crippen LogP contribution in [0.15, 0.2) is 36.5 Å². The Hall–Kier alpha value is -2.16. The zero-order chi connectivity index (χ0) is 13.4. The summed E-state index contributed by atoms with van der Waals surface area (Å²) >= 11 is 0. The van der Waals surface area contributed by atoms with Gasteiger partial charge >= 0.3 is 0 Å². The van der Waals surface area contributed by atoms with Crippen molar-refractivity contribution < 1.29 is 4.79 Å². The van der Waals surface area contributed by atoms with Gasteiger partial charge in [-0.15, -0.1) is 0 Å². The molecule has 96 valence electrons. The Morgan fingerprint density at radius 2 is 2.21 bits per heavy atom. The molecular weight excluding hydrogens is 236 g/mol. The minimum Gasteiger partial charge on any atom is -0.398 e. The van der Waals surface area contributed by atoms with Gasteiger partial charge in [-0.3, -0.25) is 9.78 Å². The molecule has 2 N–H and O–H groups in total. The van der Waals surface area contributed by atoms with Crippen molar-refractivity contribution in [1.29, 1.82) is 0 Å². The van der Waals surface area contributed by atoms with Crippen LogP contribution in [0, 0.1) is 6.92 Å². The molecule has 1 aliphatic carbocycles. The number of Topliss-reactive ketones (excluding diaryl/α,β-unsaturated/α-hetero) is 1. The van der Waals surface area contributed by atoms with Crippen LogP contribution in [0.4, 0.5) is 5.69 Å². The van der Waals surface area contributed by atoms with Crippen LogP contribution in [0.25, 0.3) is 0 Å². The van der Waals surface area contributed by atoms with Crippen molar-refractivity contribution in [3.05, 3.63) is 58.9 Å². The van der Waals surface area contributed by atoms with E-state index in [0.29, 0.717) is 11.3 Å². The highest BCUT2D eigenvalue weighted by atomic mass is 16.1. The molecule has 0 aliphatic heterocycles.